The minimum absolute atomic E-state index is 0.143. The summed E-state index contributed by atoms with van der Waals surface area (Å²) >= 11 is 1.66. The van der Waals surface area contributed by atoms with Crippen LogP contribution in [0.2, 0.25) is 0 Å². The van der Waals surface area contributed by atoms with Crippen LogP contribution in [0, 0.1) is 0 Å². The quantitative estimate of drug-likeness (QED) is 0.800. The number of nitrogens with zero attached hydrogens (tertiary/aromatic N) is 1. The molecule has 1 aromatic heterocycles. The van der Waals surface area contributed by atoms with Gasteiger partial charge in [-0.1, -0.05) is 0 Å². The highest BCUT2D eigenvalue weighted by Crippen LogP contribution is 2.21. The summed E-state index contributed by atoms with van der Waals surface area (Å²) in [5, 5.41) is 6.34. The van der Waals surface area contributed by atoms with E-state index in [2.05, 4.69) is 17.2 Å². The van der Waals surface area contributed by atoms with Gasteiger partial charge in [-0.05, 0) is 19.9 Å². The molecule has 0 aliphatic carbocycles. The molecular formula is C9H14N2OS. The molecule has 3 nitrogen and oxygen atoms in total. The van der Waals surface area contributed by atoms with E-state index in [1.807, 2.05) is 11.6 Å². The summed E-state index contributed by atoms with van der Waals surface area (Å²) in [7, 11) is 0. The van der Waals surface area contributed by atoms with Gasteiger partial charge in [0, 0.05) is 18.1 Å². The van der Waals surface area contributed by atoms with Crippen LogP contribution in [0.3, 0.4) is 0 Å². The van der Waals surface area contributed by atoms with Crippen molar-refractivity contribution >= 4 is 11.3 Å². The number of hydrogen-bond donors (Lipinski definition) is 1. The van der Waals surface area contributed by atoms with Crippen molar-refractivity contribution in [3.8, 4) is 0 Å². The van der Waals surface area contributed by atoms with E-state index in [0.29, 0.717) is 6.10 Å². The molecule has 0 amide bonds. The van der Waals surface area contributed by atoms with E-state index in [-0.39, 0.29) is 6.10 Å². The van der Waals surface area contributed by atoms with Crippen LogP contribution >= 0.6 is 11.3 Å². The molecule has 1 fully saturated rings. The molecule has 1 N–H and O–H groups in total. The van der Waals surface area contributed by atoms with Gasteiger partial charge in [-0.25, -0.2) is 4.98 Å². The van der Waals surface area contributed by atoms with E-state index in [1.54, 1.807) is 11.3 Å². The molecule has 0 spiro atoms. The molecule has 2 rings (SSSR count). The fourth-order valence-electron chi connectivity index (χ4n) is 1.53. The second kappa shape index (κ2) is 4.17. The summed E-state index contributed by atoms with van der Waals surface area (Å²) in [4.78, 5) is 4.23. The Labute approximate surface area is 82.1 Å². The maximum absolute atomic E-state index is 5.84. The molecule has 4 heteroatoms. The number of thiazole rings is 1. The predicted octanol–water partition coefficient (Wildman–Crippen LogP) is 1.58. The lowest BCUT2D eigenvalue weighted by Gasteiger charge is -2.15. The van der Waals surface area contributed by atoms with Crippen molar-refractivity contribution in [3.05, 3.63) is 16.6 Å². The fourth-order valence-corrected chi connectivity index (χ4v) is 2.16. The molecule has 0 saturated carbocycles. The first-order valence-corrected chi connectivity index (χ1v) is 5.50. The van der Waals surface area contributed by atoms with Gasteiger partial charge in [-0.3, -0.25) is 0 Å². The number of aromatic nitrogens is 1. The largest absolute Gasteiger partial charge is 0.367 e. The average Bonchev–Trinajstić information content (AvgIpc) is 2.74. The van der Waals surface area contributed by atoms with E-state index in [1.165, 1.54) is 0 Å². The van der Waals surface area contributed by atoms with Crippen LogP contribution in [0.4, 0.5) is 0 Å². The number of hydrogen-bond acceptors (Lipinski definition) is 4. The topological polar surface area (TPSA) is 34.1 Å². The first-order chi connectivity index (χ1) is 6.36. The highest BCUT2D eigenvalue weighted by molar-refractivity contribution is 7.09. The van der Waals surface area contributed by atoms with Gasteiger partial charge in [0.2, 0.25) is 0 Å². The summed E-state index contributed by atoms with van der Waals surface area (Å²) in [6.07, 6.45) is 3.46. The van der Waals surface area contributed by atoms with Crippen LogP contribution in [0.1, 0.15) is 24.5 Å². The van der Waals surface area contributed by atoms with Gasteiger partial charge in [-0.2, -0.15) is 0 Å². The molecule has 1 unspecified atom stereocenters. The summed E-state index contributed by atoms with van der Waals surface area (Å²) < 4.78 is 5.84. The minimum atomic E-state index is 0.143. The van der Waals surface area contributed by atoms with E-state index >= 15 is 0 Å². The Morgan fingerprint density at radius 2 is 2.69 bits per heavy atom. The maximum atomic E-state index is 5.84. The molecule has 1 aliphatic rings. The van der Waals surface area contributed by atoms with Crippen LogP contribution in [0.5, 0.6) is 0 Å². The van der Waals surface area contributed by atoms with E-state index < -0.39 is 0 Å². The second-order valence-electron chi connectivity index (χ2n) is 3.26. The van der Waals surface area contributed by atoms with Crippen LogP contribution in [0.15, 0.2) is 11.6 Å². The van der Waals surface area contributed by atoms with Gasteiger partial charge < -0.3 is 10.1 Å². The van der Waals surface area contributed by atoms with Crippen LogP contribution in [-0.4, -0.2) is 24.2 Å². The van der Waals surface area contributed by atoms with Crippen molar-refractivity contribution in [2.75, 3.05) is 13.1 Å². The van der Waals surface area contributed by atoms with Gasteiger partial charge >= 0.3 is 0 Å². The average molecular weight is 198 g/mol. The Morgan fingerprint density at radius 1 is 1.77 bits per heavy atom. The minimum Gasteiger partial charge on any atom is -0.367 e. The molecule has 2 heterocycles. The van der Waals surface area contributed by atoms with Crippen LogP contribution < -0.4 is 5.32 Å². The van der Waals surface area contributed by atoms with Crippen molar-refractivity contribution in [2.24, 2.45) is 0 Å². The number of rotatable bonds is 3. The zero-order chi connectivity index (χ0) is 9.10. The molecule has 0 radical (unpaired) electrons. The lowest BCUT2D eigenvalue weighted by atomic mass is 10.3. The summed E-state index contributed by atoms with van der Waals surface area (Å²) in [6, 6.07) is 0. The normalized spacial score (nSPS) is 24.8. The van der Waals surface area contributed by atoms with E-state index in [0.717, 1.165) is 24.5 Å². The van der Waals surface area contributed by atoms with Gasteiger partial charge in [0.15, 0.2) is 0 Å². The molecule has 1 aliphatic heterocycles. The first-order valence-electron chi connectivity index (χ1n) is 4.62. The maximum Gasteiger partial charge on any atom is 0.121 e. The summed E-state index contributed by atoms with van der Waals surface area (Å²) in [5.41, 5.74) is 0. The molecule has 1 aromatic rings. The Hall–Kier alpha value is -0.450. The molecule has 1 saturated heterocycles. The van der Waals surface area contributed by atoms with Crippen LogP contribution in [-0.2, 0) is 4.74 Å². The van der Waals surface area contributed by atoms with Gasteiger partial charge in [0.05, 0.1) is 6.10 Å². The van der Waals surface area contributed by atoms with E-state index in [9.17, 15) is 0 Å². The van der Waals surface area contributed by atoms with Crippen molar-refractivity contribution in [3.63, 3.8) is 0 Å². The van der Waals surface area contributed by atoms with Crippen molar-refractivity contribution in [1.29, 1.82) is 0 Å². The molecule has 0 bridgehead atoms. The van der Waals surface area contributed by atoms with Crippen molar-refractivity contribution in [1.82, 2.24) is 10.3 Å². The predicted molar refractivity (Wildman–Crippen MR) is 52.9 cm³/mol. The highest BCUT2D eigenvalue weighted by atomic mass is 32.1. The van der Waals surface area contributed by atoms with Crippen LogP contribution in [0.25, 0.3) is 0 Å². The Kier molecular flexibility index (Phi) is 2.93. The van der Waals surface area contributed by atoms with Crippen molar-refractivity contribution in [2.45, 2.75) is 25.6 Å². The highest BCUT2D eigenvalue weighted by Gasteiger charge is 2.19. The molecule has 0 aromatic carbocycles. The zero-order valence-electron chi connectivity index (χ0n) is 7.69. The second-order valence-corrected chi connectivity index (χ2v) is 4.19. The first kappa shape index (κ1) is 9.12. The summed E-state index contributed by atoms with van der Waals surface area (Å²) in [6.45, 7) is 4.13. The number of ether oxygens (including phenoxy) is 1. The SMILES string of the molecule is CC(O[C@@H]1CCNC1)c1nccs1. The number of nitrogens with one attached hydrogen (secondary N) is 1. The molecule has 72 valence electrons. The third-order valence-corrected chi connectivity index (χ3v) is 3.15. The van der Waals surface area contributed by atoms with Crippen molar-refractivity contribution < 1.29 is 4.74 Å². The van der Waals surface area contributed by atoms with Gasteiger partial charge in [-0.15, -0.1) is 11.3 Å². The monoisotopic (exact) mass is 198 g/mol. The zero-order valence-corrected chi connectivity index (χ0v) is 8.51. The third-order valence-electron chi connectivity index (χ3n) is 2.21. The fraction of sp³-hybridized carbons (Fsp3) is 0.667. The molecule has 13 heavy (non-hydrogen) atoms. The Morgan fingerprint density at radius 3 is 3.31 bits per heavy atom. The van der Waals surface area contributed by atoms with E-state index in [4.69, 9.17) is 4.74 Å². The summed E-state index contributed by atoms with van der Waals surface area (Å²) in [5.74, 6) is 0. The molecule has 2 atom stereocenters. The van der Waals surface area contributed by atoms with Gasteiger partial charge in [0.25, 0.3) is 0 Å². The lowest BCUT2D eigenvalue weighted by molar-refractivity contribution is 0.00818. The lowest BCUT2D eigenvalue weighted by Crippen LogP contribution is -2.18. The molecular weight excluding hydrogens is 184 g/mol. The third kappa shape index (κ3) is 2.27. The Balaban J connectivity index is 1.87. The standard InChI is InChI=1S/C9H14N2OS/c1-7(9-11-4-5-13-9)12-8-2-3-10-6-8/h4-5,7-8,10H,2-3,6H2,1H3/t7?,8-/m1/s1. The van der Waals surface area contributed by atoms with Gasteiger partial charge in [0.1, 0.15) is 11.1 Å². The Bertz CT molecular complexity index is 244. The smallest absolute Gasteiger partial charge is 0.121 e.